The number of nitrogens with zero attached hydrogens (tertiary/aromatic N) is 2. The minimum atomic E-state index is -1.45. The number of hydrogen-bond acceptors (Lipinski definition) is 8. The average molecular weight is 386 g/mol. The number of hydrogen-bond donors (Lipinski definition) is 2. The predicted molar refractivity (Wildman–Crippen MR) is 91.4 cm³/mol. The van der Waals surface area contributed by atoms with Gasteiger partial charge in [-0.25, -0.2) is 9.59 Å². The highest BCUT2D eigenvalue weighted by Gasteiger charge is 2.32. The number of carboxylic acids is 1. The lowest BCUT2D eigenvalue weighted by Gasteiger charge is -2.25. The maximum absolute atomic E-state index is 12.0. The van der Waals surface area contributed by atoms with Crippen LogP contribution in [0.1, 0.15) is 25.3 Å². The summed E-state index contributed by atoms with van der Waals surface area (Å²) in [6.07, 6.45) is -0.872. The molecule has 0 aliphatic heterocycles. The Morgan fingerprint density at radius 2 is 1.92 bits per heavy atom. The van der Waals surface area contributed by atoms with Crippen molar-refractivity contribution in [2.24, 2.45) is 0 Å². The summed E-state index contributed by atoms with van der Waals surface area (Å²) in [5.41, 5.74) is 0.328. The van der Waals surface area contributed by atoms with Crippen LogP contribution in [0, 0.1) is 10.1 Å². The van der Waals surface area contributed by atoms with Gasteiger partial charge in [0.15, 0.2) is 6.04 Å². The fraction of sp³-hybridized carbons (Fsp3) is 0.400. The summed E-state index contributed by atoms with van der Waals surface area (Å²) in [5.74, 6) is -2.34. The van der Waals surface area contributed by atoms with E-state index >= 15 is 0 Å². The molecule has 0 aliphatic carbocycles. The number of nitro groups is 1. The minimum absolute atomic E-state index is 0.0206. The normalized spacial score (nSPS) is 11.3. The fourth-order valence-corrected chi connectivity index (χ4v) is 2.13. The third-order valence-electron chi connectivity index (χ3n) is 3.13. The highest BCUT2D eigenvalue weighted by molar-refractivity contribution is 7.80. The molecule has 0 unspecified atom stereocenters. The molecule has 0 aromatic heterocycles. The first-order valence-corrected chi connectivity index (χ1v) is 8.17. The number of carboxylic acid groups (broad SMARTS) is 1. The van der Waals surface area contributed by atoms with Gasteiger partial charge in [0.1, 0.15) is 6.61 Å². The van der Waals surface area contributed by atoms with Gasteiger partial charge in [-0.05, 0) is 24.1 Å². The molecule has 0 fully saturated rings. The molecule has 26 heavy (non-hydrogen) atoms. The van der Waals surface area contributed by atoms with Crippen molar-refractivity contribution >= 4 is 36.3 Å². The number of nitro benzene ring substituents is 1. The van der Waals surface area contributed by atoms with Crippen LogP contribution in [0.2, 0.25) is 0 Å². The van der Waals surface area contributed by atoms with Crippen LogP contribution in [-0.4, -0.2) is 44.9 Å². The Kier molecular flexibility index (Phi) is 8.35. The summed E-state index contributed by atoms with van der Waals surface area (Å²) < 4.78 is 4.82. The molecule has 0 heterocycles. The molecule has 142 valence electrons. The second-order valence-corrected chi connectivity index (χ2v) is 5.42. The number of non-ortho nitro benzene ring substituents is 1. The van der Waals surface area contributed by atoms with Crippen molar-refractivity contribution in [1.82, 2.24) is 5.06 Å². The first-order chi connectivity index (χ1) is 12.3. The maximum Gasteiger partial charge on any atom is 0.533 e. The van der Waals surface area contributed by atoms with E-state index in [-0.39, 0.29) is 24.5 Å². The molecule has 1 amide bonds. The summed E-state index contributed by atoms with van der Waals surface area (Å²) in [6, 6.07) is 3.80. The largest absolute Gasteiger partial charge is 0.533 e. The molecule has 0 radical (unpaired) electrons. The van der Waals surface area contributed by atoms with Crippen LogP contribution in [0.3, 0.4) is 0 Å². The van der Waals surface area contributed by atoms with Gasteiger partial charge in [0.2, 0.25) is 0 Å². The third kappa shape index (κ3) is 6.24. The molecular formula is C15H18N2O8S. The molecule has 1 aromatic carbocycles. The van der Waals surface area contributed by atoms with Crippen molar-refractivity contribution in [3.63, 3.8) is 0 Å². The maximum atomic E-state index is 12.0. The molecule has 0 spiro atoms. The molecule has 1 N–H and O–H groups in total. The second-order valence-electron chi connectivity index (χ2n) is 5.06. The van der Waals surface area contributed by atoms with E-state index in [0.717, 1.165) is 0 Å². The molecule has 1 atom stereocenters. The number of rotatable bonds is 8. The van der Waals surface area contributed by atoms with Crippen molar-refractivity contribution in [2.75, 3.05) is 5.75 Å². The molecule has 1 aromatic rings. The number of aliphatic carboxylic acids is 1. The van der Waals surface area contributed by atoms with Crippen molar-refractivity contribution in [1.29, 1.82) is 0 Å². The van der Waals surface area contributed by atoms with Gasteiger partial charge in [0.25, 0.3) is 11.6 Å². The second kappa shape index (κ2) is 10.2. The van der Waals surface area contributed by atoms with Crippen molar-refractivity contribution < 1.29 is 34.0 Å². The minimum Gasteiger partial charge on any atom is -0.480 e. The monoisotopic (exact) mass is 386 g/mol. The predicted octanol–water partition coefficient (Wildman–Crippen LogP) is 2.17. The average Bonchev–Trinajstić information content (AvgIpc) is 2.60. The van der Waals surface area contributed by atoms with Gasteiger partial charge in [0, 0.05) is 24.3 Å². The van der Waals surface area contributed by atoms with Gasteiger partial charge in [-0.1, -0.05) is 6.92 Å². The van der Waals surface area contributed by atoms with Crippen molar-refractivity contribution in [2.45, 2.75) is 32.4 Å². The lowest BCUT2D eigenvalue weighted by Crippen LogP contribution is -2.47. The van der Waals surface area contributed by atoms with E-state index in [0.29, 0.717) is 17.0 Å². The lowest BCUT2D eigenvalue weighted by molar-refractivity contribution is -0.384. The topological polar surface area (TPSA) is 136 Å². The highest BCUT2D eigenvalue weighted by atomic mass is 32.1. The van der Waals surface area contributed by atoms with Gasteiger partial charge in [-0.15, -0.1) is 0 Å². The van der Waals surface area contributed by atoms with Crippen molar-refractivity contribution in [3.8, 4) is 0 Å². The number of amides is 1. The standard InChI is InChI=1S/C15H18N2O8S/c1-2-3-13(18)16(12(9-26)14(19)20)25-15(21)24-8-10-4-6-11(7-5-10)17(22)23/h4-7,12,26H,2-3,8-9H2,1H3,(H,19,20)/t12-/m0/s1. The Balaban J connectivity index is 2.72. The Morgan fingerprint density at radius 3 is 2.38 bits per heavy atom. The fourth-order valence-electron chi connectivity index (χ4n) is 1.83. The van der Waals surface area contributed by atoms with E-state index in [1.807, 2.05) is 0 Å². The first-order valence-electron chi connectivity index (χ1n) is 7.53. The molecule has 0 saturated heterocycles. The lowest BCUT2D eigenvalue weighted by atomic mass is 10.2. The molecule has 10 nitrogen and oxygen atoms in total. The summed E-state index contributed by atoms with van der Waals surface area (Å²) in [7, 11) is 0. The van der Waals surface area contributed by atoms with Crippen LogP contribution in [0.4, 0.5) is 10.5 Å². The van der Waals surface area contributed by atoms with Gasteiger partial charge in [0.05, 0.1) is 4.92 Å². The molecule has 0 aliphatic rings. The number of thiol groups is 1. The molecule has 0 bridgehead atoms. The number of benzene rings is 1. The number of carbonyl (C=O) groups excluding carboxylic acids is 2. The Bertz CT molecular complexity index is 664. The van der Waals surface area contributed by atoms with E-state index in [1.165, 1.54) is 24.3 Å². The smallest absolute Gasteiger partial charge is 0.480 e. The summed E-state index contributed by atoms with van der Waals surface area (Å²) >= 11 is 3.85. The first kappa shape index (κ1) is 21.2. The van der Waals surface area contributed by atoms with E-state index in [2.05, 4.69) is 12.6 Å². The molecule has 11 heteroatoms. The SMILES string of the molecule is CCCC(=O)N(OC(=O)OCc1ccc([N+](=O)[O-])cc1)[C@@H](CS)C(=O)O. The molecular weight excluding hydrogens is 368 g/mol. The van der Waals surface area contributed by atoms with Crippen LogP contribution >= 0.6 is 12.6 Å². The Labute approximate surface area is 154 Å². The third-order valence-corrected chi connectivity index (χ3v) is 3.47. The Hall–Kier alpha value is -2.82. The zero-order chi connectivity index (χ0) is 19.7. The summed E-state index contributed by atoms with van der Waals surface area (Å²) in [4.78, 5) is 49.7. The van der Waals surface area contributed by atoms with Crippen LogP contribution in [0.25, 0.3) is 0 Å². The Morgan fingerprint density at radius 1 is 1.31 bits per heavy atom. The molecule has 1 rings (SSSR count). The van der Waals surface area contributed by atoms with E-state index in [4.69, 9.17) is 14.7 Å². The number of ether oxygens (including phenoxy) is 1. The van der Waals surface area contributed by atoms with Gasteiger partial charge < -0.3 is 14.7 Å². The van der Waals surface area contributed by atoms with Crippen LogP contribution in [0.5, 0.6) is 0 Å². The molecule has 0 saturated carbocycles. The zero-order valence-corrected chi connectivity index (χ0v) is 14.8. The van der Waals surface area contributed by atoms with Gasteiger partial charge in [-0.2, -0.15) is 17.7 Å². The van der Waals surface area contributed by atoms with E-state index < -0.39 is 29.0 Å². The van der Waals surface area contributed by atoms with Gasteiger partial charge in [-0.3, -0.25) is 14.9 Å². The highest BCUT2D eigenvalue weighted by Crippen LogP contribution is 2.14. The zero-order valence-electron chi connectivity index (χ0n) is 13.9. The quantitative estimate of drug-likeness (QED) is 0.300. The van der Waals surface area contributed by atoms with Gasteiger partial charge >= 0.3 is 12.1 Å². The summed E-state index contributed by atoms with van der Waals surface area (Å²) in [6.45, 7) is 1.44. The number of carbonyl (C=O) groups is 3. The van der Waals surface area contributed by atoms with Crippen LogP contribution in [-0.2, 0) is 25.8 Å². The van der Waals surface area contributed by atoms with Crippen molar-refractivity contribution in [3.05, 3.63) is 39.9 Å². The van der Waals surface area contributed by atoms with E-state index in [1.54, 1.807) is 6.92 Å². The summed E-state index contributed by atoms with van der Waals surface area (Å²) in [5, 5.41) is 20.1. The van der Waals surface area contributed by atoms with Crippen LogP contribution < -0.4 is 0 Å². The number of hydroxylamine groups is 2. The van der Waals surface area contributed by atoms with E-state index in [9.17, 15) is 24.5 Å². The van der Waals surface area contributed by atoms with Crippen LogP contribution in [0.15, 0.2) is 24.3 Å².